The zero-order chi connectivity index (χ0) is 17.1. The smallest absolute Gasteiger partial charge is 0.248 e. The van der Waals surface area contributed by atoms with Crippen LogP contribution in [-0.2, 0) is 16.0 Å². The van der Waals surface area contributed by atoms with Crippen LogP contribution in [0.15, 0.2) is 12.4 Å². The molecule has 1 aliphatic rings. The number of aromatic amines is 1. The maximum Gasteiger partial charge on any atom is 0.248 e. The molecule has 2 aromatic rings. The van der Waals surface area contributed by atoms with Gasteiger partial charge >= 0.3 is 0 Å². The van der Waals surface area contributed by atoms with Gasteiger partial charge in [-0.3, -0.25) is 19.9 Å². The Bertz CT molecular complexity index is 691. The summed E-state index contributed by atoms with van der Waals surface area (Å²) in [5, 5.41) is 7.17. The van der Waals surface area contributed by atoms with Crippen molar-refractivity contribution in [2.45, 2.75) is 26.7 Å². The SMILES string of the molecule is COCC(=O)N1CCC(Cc2cnc(-c3c(C)n[nH]c3C)cn2)C1. The summed E-state index contributed by atoms with van der Waals surface area (Å²) in [5.74, 6) is 0.496. The zero-order valence-electron chi connectivity index (χ0n) is 14.4. The summed E-state index contributed by atoms with van der Waals surface area (Å²) in [6.07, 6.45) is 5.48. The Labute approximate surface area is 141 Å². The van der Waals surface area contributed by atoms with E-state index in [2.05, 4.69) is 20.2 Å². The number of aryl methyl sites for hydroxylation is 2. The number of hydrogen-bond donors (Lipinski definition) is 1. The van der Waals surface area contributed by atoms with E-state index in [4.69, 9.17) is 4.74 Å². The Morgan fingerprint density at radius 1 is 1.38 bits per heavy atom. The predicted octanol–water partition coefficient (Wildman–Crippen LogP) is 1.52. The normalized spacial score (nSPS) is 17.5. The summed E-state index contributed by atoms with van der Waals surface area (Å²) in [5.41, 5.74) is 4.75. The molecule has 7 heteroatoms. The first-order chi connectivity index (χ1) is 11.6. The van der Waals surface area contributed by atoms with Crippen LogP contribution in [0.2, 0.25) is 0 Å². The van der Waals surface area contributed by atoms with E-state index in [0.29, 0.717) is 5.92 Å². The van der Waals surface area contributed by atoms with Gasteiger partial charge in [-0.1, -0.05) is 0 Å². The first-order valence-corrected chi connectivity index (χ1v) is 8.18. The fraction of sp³-hybridized carbons (Fsp3) is 0.529. The first kappa shape index (κ1) is 16.6. The van der Waals surface area contributed by atoms with Gasteiger partial charge in [0, 0.05) is 37.7 Å². The quantitative estimate of drug-likeness (QED) is 0.899. The van der Waals surface area contributed by atoms with Gasteiger partial charge in [-0.2, -0.15) is 5.10 Å². The molecule has 0 saturated carbocycles. The highest BCUT2D eigenvalue weighted by atomic mass is 16.5. The van der Waals surface area contributed by atoms with Crippen LogP contribution in [0.4, 0.5) is 0 Å². The molecule has 1 N–H and O–H groups in total. The lowest BCUT2D eigenvalue weighted by molar-refractivity contribution is -0.134. The highest BCUT2D eigenvalue weighted by Gasteiger charge is 2.26. The number of ether oxygens (including phenoxy) is 1. The number of carbonyl (C=O) groups is 1. The highest BCUT2D eigenvalue weighted by Crippen LogP contribution is 2.24. The summed E-state index contributed by atoms with van der Waals surface area (Å²) in [4.78, 5) is 22.8. The summed E-state index contributed by atoms with van der Waals surface area (Å²) in [6.45, 7) is 5.66. The minimum Gasteiger partial charge on any atom is -0.375 e. The fourth-order valence-corrected chi connectivity index (χ4v) is 3.25. The van der Waals surface area contributed by atoms with E-state index in [1.165, 1.54) is 0 Å². The second-order valence-corrected chi connectivity index (χ2v) is 6.33. The Kier molecular flexibility index (Phi) is 4.89. The lowest BCUT2D eigenvalue weighted by Crippen LogP contribution is -2.31. The molecule has 3 rings (SSSR count). The van der Waals surface area contributed by atoms with Gasteiger partial charge in [0.2, 0.25) is 5.91 Å². The molecule has 7 nitrogen and oxygen atoms in total. The molecule has 1 aliphatic heterocycles. The lowest BCUT2D eigenvalue weighted by atomic mass is 10.0. The van der Waals surface area contributed by atoms with Gasteiger partial charge in [-0.15, -0.1) is 0 Å². The molecule has 24 heavy (non-hydrogen) atoms. The van der Waals surface area contributed by atoms with Crippen LogP contribution in [0.5, 0.6) is 0 Å². The highest BCUT2D eigenvalue weighted by molar-refractivity contribution is 5.77. The average Bonchev–Trinajstić information content (AvgIpc) is 3.16. The van der Waals surface area contributed by atoms with Gasteiger partial charge in [0.15, 0.2) is 0 Å². The van der Waals surface area contributed by atoms with Crippen LogP contribution >= 0.6 is 0 Å². The third kappa shape index (κ3) is 3.46. The van der Waals surface area contributed by atoms with E-state index in [1.54, 1.807) is 7.11 Å². The van der Waals surface area contributed by atoms with Gasteiger partial charge in [-0.05, 0) is 32.6 Å². The van der Waals surface area contributed by atoms with Gasteiger partial charge in [0.25, 0.3) is 0 Å². The van der Waals surface area contributed by atoms with Crippen LogP contribution in [0, 0.1) is 19.8 Å². The molecule has 0 spiro atoms. The molecule has 1 unspecified atom stereocenters. The van der Waals surface area contributed by atoms with Crippen molar-refractivity contribution in [2.75, 3.05) is 26.8 Å². The number of likely N-dealkylation sites (tertiary alicyclic amines) is 1. The van der Waals surface area contributed by atoms with Crippen molar-refractivity contribution in [1.29, 1.82) is 0 Å². The number of nitrogens with one attached hydrogen (secondary N) is 1. The number of nitrogens with zero attached hydrogens (tertiary/aromatic N) is 4. The number of amides is 1. The molecular formula is C17H23N5O2. The number of rotatable bonds is 5. The second kappa shape index (κ2) is 7.09. The van der Waals surface area contributed by atoms with E-state index in [-0.39, 0.29) is 12.5 Å². The van der Waals surface area contributed by atoms with E-state index in [1.807, 2.05) is 31.1 Å². The van der Waals surface area contributed by atoms with Crippen LogP contribution in [0.25, 0.3) is 11.3 Å². The maximum absolute atomic E-state index is 11.8. The van der Waals surface area contributed by atoms with E-state index in [9.17, 15) is 4.79 Å². The lowest BCUT2D eigenvalue weighted by Gasteiger charge is -2.15. The average molecular weight is 329 g/mol. The molecule has 1 fully saturated rings. The molecule has 0 aromatic carbocycles. The first-order valence-electron chi connectivity index (χ1n) is 8.18. The van der Waals surface area contributed by atoms with Crippen LogP contribution in [-0.4, -0.2) is 57.8 Å². The van der Waals surface area contributed by atoms with Gasteiger partial charge in [0.05, 0.1) is 23.3 Å². The van der Waals surface area contributed by atoms with Crippen molar-refractivity contribution in [3.8, 4) is 11.3 Å². The Balaban J connectivity index is 1.62. The minimum absolute atomic E-state index is 0.0624. The second-order valence-electron chi connectivity index (χ2n) is 6.33. The Morgan fingerprint density at radius 2 is 2.21 bits per heavy atom. The van der Waals surface area contributed by atoms with Crippen molar-refractivity contribution in [3.63, 3.8) is 0 Å². The number of aromatic nitrogens is 4. The summed E-state index contributed by atoms with van der Waals surface area (Å²) < 4.78 is 4.92. The summed E-state index contributed by atoms with van der Waals surface area (Å²) in [6, 6.07) is 0. The number of hydrogen-bond acceptors (Lipinski definition) is 5. The van der Waals surface area contributed by atoms with Crippen molar-refractivity contribution in [2.24, 2.45) is 5.92 Å². The van der Waals surface area contributed by atoms with Crippen LogP contribution < -0.4 is 0 Å². The molecule has 0 radical (unpaired) electrons. The van der Waals surface area contributed by atoms with Crippen molar-refractivity contribution in [1.82, 2.24) is 25.1 Å². The van der Waals surface area contributed by atoms with Crippen LogP contribution in [0.1, 0.15) is 23.5 Å². The Hall–Kier alpha value is -2.28. The van der Waals surface area contributed by atoms with E-state index >= 15 is 0 Å². The van der Waals surface area contributed by atoms with Crippen molar-refractivity contribution >= 4 is 5.91 Å². The molecular weight excluding hydrogens is 306 g/mol. The van der Waals surface area contributed by atoms with Gasteiger partial charge in [-0.25, -0.2) is 0 Å². The van der Waals surface area contributed by atoms with Gasteiger partial charge < -0.3 is 9.64 Å². The van der Waals surface area contributed by atoms with Crippen LogP contribution in [0.3, 0.4) is 0 Å². The third-order valence-electron chi connectivity index (χ3n) is 4.49. The monoisotopic (exact) mass is 329 g/mol. The number of H-pyrrole nitrogens is 1. The molecule has 0 bridgehead atoms. The predicted molar refractivity (Wildman–Crippen MR) is 89.4 cm³/mol. The molecule has 1 saturated heterocycles. The topological polar surface area (TPSA) is 84.0 Å². The molecule has 3 heterocycles. The summed E-state index contributed by atoms with van der Waals surface area (Å²) >= 11 is 0. The molecule has 0 aliphatic carbocycles. The number of methoxy groups -OCH3 is 1. The standard InChI is InChI=1S/C17H23N5O2/c1-11-17(12(2)21-20-11)15-8-18-14(7-19-15)6-13-4-5-22(9-13)16(23)10-24-3/h7-8,13H,4-6,9-10H2,1-3H3,(H,20,21). The van der Waals surface area contributed by atoms with Crippen molar-refractivity contribution < 1.29 is 9.53 Å². The van der Waals surface area contributed by atoms with Gasteiger partial charge in [0.1, 0.15) is 6.61 Å². The van der Waals surface area contributed by atoms with E-state index < -0.39 is 0 Å². The molecule has 128 valence electrons. The third-order valence-corrected chi connectivity index (χ3v) is 4.49. The largest absolute Gasteiger partial charge is 0.375 e. The maximum atomic E-state index is 11.8. The van der Waals surface area contributed by atoms with Crippen molar-refractivity contribution in [3.05, 3.63) is 29.5 Å². The minimum atomic E-state index is 0.0624. The Morgan fingerprint density at radius 3 is 2.83 bits per heavy atom. The van der Waals surface area contributed by atoms with E-state index in [0.717, 1.165) is 54.3 Å². The fourth-order valence-electron chi connectivity index (χ4n) is 3.25. The summed E-state index contributed by atoms with van der Waals surface area (Å²) in [7, 11) is 1.55. The molecule has 1 amide bonds. The zero-order valence-corrected chi connectivity index (χ0v) is 14.4. The molecule has 1 atom stereocenters. The molecule has 2 aromatic heterocycles. The number of carbonyl (C=O) groups excluding carboxylic acids is 1.